The zero-order chi connectivity index (χ0) is 27.1. The molecule has 198 valence electrons. The molecule has 8 heteroatoms. The standard InChI is InChI=1S/C30H33N3O5/c1-19(31-18-26(35)23-11-13-25(34)30-24(23)12-14-28(36)33-30)15-20-7-9-21(10-8-20)16-29(37)32-17-22-5-3-4-6-27(22)38-2/h3-14,19,26,31,34-35H,15-18H2,1-2H3,(H,32,37)(H,33,36)/t19-,26-/m1/s1. The topological polar surface area (TPSA) is 124 Å². The Kier molecular flexibility index (Phi) is 8.78. The predicted octanol–water partition coefficient (Wildman–Crippen LogP) is 3.36. The quantitative estimate of drug-likeness (QED) is 0.209. The number of aliphatic hydroxyl groups excluding tert-OH is 1. The van der Waals surface area contributed by atoms with E-state index in [1.165, 1.54) is 12.1 Å². The van der Waals surface area contributed by atoms with Gasteiger partial charge in [0.15, 0.2) is 0 Å². The van der Waals surface area contributed by atoms with E-state index in [1.54, 1.807) is 19.2 Å². The van der Waals surface area contributed by atoms with Crippen molar-refractivity contribution in [3.05, 3.63) is 105 Å². The largest absolute Gasteiger partial charge is 0.506 e. The number of pyridine rings is 1. The fraction of sp³-hybridized carbons (Fsp3) is 0.267. The Labute approximate surface area is 221 Å². The zero-order valence-electron chi connectivity index (χ0n) is 21.5. The summed E-state index contributed by atoms with van der Waals surface area (Å²) in [4.78, 5) is 26.7. The van der Waals surface area contributed by atoms with Crippen LogP contribution in [0.5, 0.6) is 11.5 Å². The maximum Gasteiger partial charge on any atom is 0.248 e. The molecule has 0 radical (unpaired) electrons. The number of aromatic nitrogens is 1. The first-order valence-corrected chi connectivity index (χ1v) is 12.6. The second-order valence-corrected chi connectivity index (χ2v) is 9.40. The van der Waals surface area contributed by atoms with Crippen molar-refractivity contribution in [3.63, 3.8) is 0 Å². The van der Waals surface area contributed by atoms with Gasteiger partial charge in [-0.1, -0.05) is 48.5 Å². The molecule has 0 saturated heterocycles. The molecule has 2 atom stereocenters. The lowest BCUT2D eigenvalue weighted by Gasteiger charge is -2.19. The van der Waals surface area contributed by atoms with Crippen LogP contribution >= 0.6 is 0 Å². The number of aromatic hydroxyl groups is 1. The van der Waals surface area contributed by atoms with Gasteiger partial charge in [-0.05, 0) is 48.2 Å². The molecule has 0 unspecified atom stereocenters. The van der Waals surface area contributed by atoms with Crippen molar-refractivity contribution in [3.8, 4) is 11.5 Å². The van der Waals surface area contributed by atoms with Gasteiger partial charge in [-0.25, -0.2) is 0 Å². The molecule has 4 rings (SSSR count). The lowest BCUT2D eigenvalue weighted by molar-refractivity contribution is -0.120. The summed E-state index contributed by atoms with van der Waals surface area (Å²) in [5.74, 6) is 0.658. The third kappa shape index (κ3) is 6.79. The first kappa shape index (κ1) is 26.9. The minimum Gasteiger partial charge on any atom is -0.506 e. The number of methoxy groups -OCH3 is 1. The van der Waals surface area contributed by atoms with Gasteiger partial charge in [0, 0.05) is 36.1 Å². The van der Waals surface area contributed by atoms with E-state index in [2.05, 4.69) is 15.6 Å². The minimum atomic E-state index is -0.816. The summed E-state index contributed by atoms with van der Waals surface area (Å²) in [5.41, 5.74) is 3.60. The Balaban J connectivity index is 1.27. The Morgan fingerprint density at radius 3 is 2.50 bits per heavy atom. The number of hydrogen-bond acceptors (Lipinski definition) is 6. The van der Waals surface area contributed by atoms with Gasteiger partial charge in [-0.15, -0.1) is 0 Å². The monoisotopic (exact) mass is 515 g/mol. The number of H-pyrrole nitrogens is 1. The van der Waals surface area contributed by atoms with E-state index < -0.39 is 6.10 Å². The molecule has 8 nitrogen and oxygen atoms in total. The van der Waals surface area contributed by atoms with E-state index in [0.717, 1.165) is 28.9 Å². The van der Waals surface area contributed by atoms with Crippen LogP contribution in [0.4, 0.5) is 0 Å². The molecule has 0 fully saturated rings. The molecule has 0 aliphatic rings. The minimum absolute atomic E-state index is 0.0349. The molecule has 1 heterocycles. The molecule has 0 aliphatic heterocycles. The zero-order valence-corrected chi connectivity index (χ0v) is 21.5. The number of aromatic amines is 1. The summed E-state index contributed by atoms with van der Waals surface area (Å²) in [6.07, 6.45) is 0.223. The van der Waals surface area contributed by atoms with Crippen molar-refractivity contribution in [2.24, 2.45) is 0 Å². The Morgan fingerprint density at radius 2 is 1.74 bits per heavy atom. The van der Waals surface area contributed by atoms with Gasteiger partial charge in [0.1, 0.15) is 11.5 Å². The van der Waals surface area contributed by atoms with E-state index in [0.29, 0.717) is 36.0 Å². The van der Waals surface area contributed by atoms with Crippen molar-refractivity contribution in [2.45, 2.75) is 38.5 Å². The maximum atomic E-state index is 12.4. The number of rotatable bonds is 11. The number of benzene rings is 3. The lowest BCUT2D eigenvalue weighted by atomic mass is 10.0. The third-order valence-corrected chi connectivity index (χ3v) is 6.52. The summed E-state index contributed by atoms with van der Waals surface area (Å²) >= 11 is 0. The third-order valence-electron chi connectivity index (χ3n) is 6.52. The number of phenolic OH excluding ortho intramolecular Hbond substituents is 1. The van der Waals surface area contributed by atoms with Crippen molar-refractivity contribution in [2.75, 3.05) is 13.7 Å². The molecule has 0 saturated carbocycles. The molecule has 1 amide bonds. The number of fused-ring (bicyclic) bond motifs is 1. The number of nitrogens with one attached hydrogen (secondary N) is 3. The first-order valence-electron chi connectivity index (χ1n) is 12.6. The van der Waals surface area contributed by atoms with Crippen molar-refractivity contribution >= 4 is 16.8 Å². The smallest absolute Gasteiger partial charge is 0.248 e. The normalized spacial score (nSPS) is 12.7. The number of hydrogen-bond donors (Lipinski definition) is 5. The molecule has 5 N–H and O–H groups in total. The van der Waals surface area contributed by atoms with Crippen molar-refractivity contribution in [1.82, 2.24) is 15.6 Å². The molecule has 38 heavy (non-hydrogen) atoms. The summed E-state index contributed by atoms with van der Waals surface area (Å²) in [6.45, 7) is 2.76. The van der Waals surface area contributed by atoms with Crippen LogP contribution in [0.15, 0.2) is 77.6 Å². The van der Waals surface area contributed by atoms with Gasteiger partial charge in [0.2, 0.25) is 11.5 Å². The number of para-hydroxylation sites is 1. The Hall–Kier alpha value is -4.14. The molecule has 1 aromatic heterocycles. The molecule has 0 aliphatic carbocycles. The summed E-state index contributed by atoms with van der Waals surface area (Å²) in [5, 5.41) is 27.7. The second kappa shape index (κ2) is 12.4. The van der Waals surface area contributed by atoms with Crippen LogP contribution in [0.2, 0.25) is 0 Å². The first-order chi connectivity index (χ1) is 18.3. The predicted molar refractivity (Wildman–Crippen MR) is 147 cm³/mol. The molecule has 3 aromatic carbocycles. The van der Waals surface area contributed by atoms with Crippen LogP contribution in [0.25, 0.3) is 10.9 Å². The van der Waals surface area contributed by atoms with Gasteiger partial charge >= 0.3 is 0 Å². The SMILES string of the molecule is COc1ccccc1CNC(=O)Cc1ccc(C[C@@H](C)NC[C@@H](O)c2ccc(O)c3[nH]c(=O)ccc23)cc1. The van der Waals surface area contributed by atoms with Crippen LogP contribution in [0.1, 0.15) is 35.3 Å². The Morgan fingerprint density at radius 1 is 1.00 bits per heavy atom. The number of carbonyl (C=O) groups is 1. The van der Waals surface area contributed by atoms with Crippen molar-refractivity contribution < 1.29 is 19.7 Å². The number of aliphatic hydroxyl groups is 1. The summed E-state index contributed by atoms with van der Waals surface area (Å²) < 4.78 is 5.33. The summed E-state index contributed by atoms with van der Waals surface area (Å²) in [6, 6.07) is 21.8. The molecule has 0 bridgehead atoms. The number of ether oxygens (including phenoxy) is 1. The lowest BCUT2D eigenvalue weighted by Crippen LogP contribution is -2.32. The fourth-order valence-corrected chi connectivity index (χ4v) is 4.48. The van der Waals surface area contributed by atoms with Gasteiger partial charge in [-0.2, -0.15) is 0 Å². The summed E-state index contributed by atoms with van der Waals surface area (Å²) in [7, 11) is 1.61. The average Bonchev–Trinajstić information content (AvgIpc) is 2.92. The number of carbonyl (C=O) groups excluding carboxylic acids is 1. The van der Waals surface area contributed by atoms with E-state index in [1.807, 2.05) is 55.5 Å². The molecule has 0 spiro atoms. The van der Waals surface area contributed by atoms with Gasteiger partial charge in [0.05, 0.1) is 25.2 Å². The Bertz CT molecular complexity index is 1450. The van der Waals surface area contributed by atoms with E-state index in [4.69, 9.17) is 4.74 Å². The van der Waals surface area contributed by atoms with E-state index >= 15 is 0 Å². The van der Waals surface area contributed by atoms with E-state index in [9.17, 15) is 19.8 Å². The molecular weight excluding hydrogens is 482 g/mol. The van der Waals surface area contributed by atoms with Gasteiger partial charge in [-0.3, -0.25) is 9.59 Å². The highest BCUT2D eigenvalue weighted by Gasteiger charge is 2.15. The highest BCUT2D eigenvalue weighted by atomic mass is 16.5. The van der Waals surface area contributed by atoms with Crippen LogP contribution in [0.3, 0.4) is 0 Å². The van der Waals surface area contributed by atoms with Crippen LogP contribution in [-0.4, -0.2) is 40.8 Å². The number of phenols is 1. The van der Waals surface area contributed by atoms with Crippen LogP contribution in [-0.2, 0) is 24.2 Å². The van der Waals surface area contributed by atoms with Gasteiger partial charge in [0.25, 0.3) is 0 Å². The number of amides is 1. The van der Waals surface area contributed by atoms with Crippen LogP contribution in [0, 0.1) is 0 Å². The highest BCUT2D eigenvalue weighted by molar-refractivity contribution is 5.87. The van der Waals surface area contributed by atoms with E-state index in [-0.39, 0.29) is 23.3 Å². The maximum absolute atomic E-state index is 12.4. The van der Waals surface area contributed by atoms with Crippen LogP contribution < -0.4 is 20.9 Å². The molecular formula is C30H33N3O5. The van der Waals surface area contributed by atoms with Gasteiger partial charge < -0.3 is 30.6 Å². The fourth-order valence-electron chi connectivity index (χ4n) is 4.48. The second-order valence-electron chi connectivity index (χ2n) is 9.40. The highest BCUT2D eigenvalue weighted by Crippen LogP contribution is 2.28. The average molecular weight is 516 g/mol. The van der Waals surface area contributed by atoms with Crippen molar-refractivity contribution in [1.29, 1.82) is 0 Å². The molecule has 4 aromatic rings.